The van der Waals surface area contributed by atoms with Gasteiger partial charge in [-0.1, -0.05) is 0 Å². The van der Waals surface area contributed by atoms with Crippen LogP contribution in [0.4, 0.5) is 5.82 Å². The van der Waals surface area contributed by atoms with Gasteiger partial charge in [0.25, 0.3) is 0 Å². The maximum absolute atomic E-state index is 12.2. The number of hydrogen-bond acceptors (Lipinski definition) is 5. The van der Waals surface area contributed by atoms with Crippen molar-refractivity contribution in [1.29, 1.82) is 0 Å². The average Bonchev–Trinajstić information content (AvgIpc) is 2.26. The van der Waals surface area contributed by atoms with Gasteiger partial charge in [-0.15, -0.1) is 0 Å². The molecule has 1 rings (SSSR count). The van der Waals surface area contributed by atoms with Crippen LogP contribution in [0, 0.1) is 0 Å². The van der Waals surface area contributed by atoms with Crippen molar-refractivity contribution >= 4 is 15.8 Å². The van der Waals surface area contributed by atoms with Gasteiger partial charge >= 0.3 is 0 Å². The summed E-state index contributed by atoms with van der Waals surface area (Å²) in [6.07, 6.45) is 1.47. The zero-order valence-corrected chi connectivity index (χ0v) is 11.1. The Morgan fingerprint density at radius 1 is 1.29 bits per heavy atom. The second-order valence-corrected chi connectivity index (χ2v) is 6.03. The number of likely N-dealkylation sites (N-methyl/N-ethyl adjacent to an activating group) is 2. The Balaban J connectivity index is 2.92. The Bertz CT molecular complexity index is 473. The van der Waals surface area contributed by atoms with Crippen molar-refractivity contribution in [2.45, 2.75) is 4.90 Å². The molecule has 1 aromatic heterocycles. The van der Waals surface area contributed by atoms with E-state index in [4.69, 9.17) is 5.73 Å². The van der Waals surface area contributed by atoms with E-state index in [0.29, 0.717) is 13.1 Å². The molecule has 7 heteroatoms. The molecule has 6 nitrogen and oxygen atoms in total. The zero-order chi connectivity index (χ0) is 13.1. The van der Waals surface area contributed by atoms with E-state index >= 15 is 0 Å². The number of nitrogen functional groups attached to an aromatic ring is 1. The van der Waals surface area contributed by atoms with Gasteiger partial charge in [0.1, 0.15) is 10.7 Å². The van der Waals surface area contributed by atoms with Crippen LogP contribution in [0.5, 0.6) is 0 Å². The summed E-state index contributed by atoms with van der Waals surface area (Å²) in [7, 11) is 1.76. The second kappa shape index (κ2) is 5.44. The molecule has 1 heterocycles. The van der Waals surface area contributed by atoms with Gasteiger partial charge in [-0.25, -0.2) is 13.4 Å². The van der Waals surface area contributed by atoms with E-state index in [9.17, 15) is 8.42 Å². The lowest BCUT2D eigenvalue weighted by Crippen LogP contribution is -2.34. The van der Waals surface area contributed by atoms with Gasteiger partial charge in [-0.2, -0.15) is 4.31 Å². The Labute approximate surface area is 102 Å². The summed E-state index contributed by atoms with van der Waals surface area (Å²) in [5, 5.41) is 0. The van der Waals surface area contributed by atoms with Crippen molar-refractivity contribution in [3.05, 3.63) is 18.3 Å². The lowest BCUT2D eigenvalue weighted by Gasteiger charge is -2.19. The highest BCUT2D eigenvalue weighted by atomic mass is 32.2. The third-order valence-corrected chi connectivity index (χ3v) is 4.25. The molecule has 0 saturated heterocycles. The third kappa shape index (κ3) is 3.39. The predicted molar refractivity (Wildman–Crippen MR) is 67.0 cm³/mol. The van der Waals surface area contributed by atoms with Crippen LogP contribution in [0.25, 0.3) is 0 Å². The molecule has 0 unspecified atom stereocenters. The predicted octanol–water partition coefficient (Wildman–Crippen LogP) is -0.154. The van der Waals surface area contributed by atoms with Crippen molar-refractivity contribution in [2.75, 3.05) is 40.0 Å². The topological polar surface area (TPSA) is 79.5 Å². The molecule has 0 aliphatic carbocycles. The summed E-state index contributed by atoms with van der Waals surface area (Å²) in [4.78, 5) is 5.76. The average molecular weight is 258 g/mol. The normalized spacial score (nSPS) is 12.3. The molecule has 0 amide bonds. The monoisotopic (exact) mass is 258 g/mol. The van der Waals surface area contributed by atoms with Crippen LogP contribution in [0.15, 0.2) is 23.2 Å². The molecule has 0 bridgehead atoms. The minimum Gasteiger partial charge on any atom is -0.383 e. The fraction of sp³-hybridized carbons (Fsp3) is 0.500. The molecule has 0 saturated carbocycles. The first kappa shape index (κ1) is 13.9. The zero-order valence-electron chi connectivity index (χ0n) is 10.3. The smallest absolute Gasteiger partial charge is 0.246 e. The lowest BCUT2D eigenvalue weighted by molar-refractivity contribution is 0.358. The summed E-state index contributed by atoms with van der Waals surface area (Å²) < 4.78 is 25.6. The molecule has 96 valence electrons. The minimum atomic E-state index is -3.55. The quantitative estimate of drug-likeness (QED) is 0.794. The Morgan fingerprint density at radius 3 is 2.47 bits per heavy atom. The first-order valence-corrected chi connectivity index (χ1v) is 6.61. The number of nitrogens with zero attached hydrogens (tertiary/aromatic N) is 3. The molecule has 2 N–H and O–H groups in total. The fourth-order valence-corrected chi connectivity index (χ4v) is 2.48. The van der Waals surface area contributed by atoms with Crippen molar-refractivity contribution in [2.24, 2.45) is 0 Å². The number of nitrogens with two attached hydrogens (primary N) is 1. The number of sulfonamides is 1. The minimum absolute atomic E-state index is 0.0317. The molecule has 0 radical (unpaired) electrons. The Morgan fingerprint density at radius 2 is 1.94 bits per heavy atom. The van der Waals surface area contributed by atoms with E-state index in [1.807, 2.05) is 19.0 Å². The van der Waals surface area contributed by atoms with Gasteiger partial charge in [-0.3, -0.25) is 0 Å². The molecule has 17 heavy (non-hydrogen) atoms. The SMILES string of the molecule is CN(C)CCN(C)S(=O)(=O)c1cccnc1N. The van der Waals surface area contributed by atoms with Gasteiger partial charge in [0.05, 0.1) is 0 Å². The summed E-state index contributed by atoms with van der Waals surface area (Å²) >= 11 is 0. The van der Waals surface area contributed by atoms with Crippen molar-refractivity contribution < 1.29 is 8.42 Å². The number of anilines is 1. The highest BCUT2D eigenvalue weighted by Crippen LogP contribution is 2.18. The Hall–Kier alpha value is -1.18. The number of hydrogen-bond donors (Lipinski definition) is 1. The van der Waals surface area contributed by atoms with Crippen LogP contribution in [0.1, 0.15) is 0 Å². The highest BCUT2D eigenvalue weighted by Gasteiger charge is 2.23. The van der Waals surface area contributed by atoms with Crippen LogP contribution in [0.2, 0.25) is 0 Å². The number of pyridine rings is 1. The van der Waals surface area contributed by atoms with Crippen LogP contribution in [-0.2, 0) is 10.0 Å². The first-order chi connectivity index (χ1) is 7.85. The fourth-order valence-electron chi connectivity index (χ4n) is 1.25. The second-order valence-electron chi connectivity index (χ2n) is 4.02. The molecule has 1 aromatic rings. The Kier molecular flexibility index (Phi) is 4.44. The van der Waals surface area contributed by atoms with Gasteiger partial charge < -0.3 is 10.6 Å². The molecular weight excluding hydrogens is 240 g/mol. The van der Waals surface area contributed by atoms with Crippen LogP contribution < -0.4 is 5.73 Å². The van der Waals surface area contributed by atoms with Crippen molar-refractivity contribution in [1.82, 2.24) is 14.2 Å². The van der Waals surface area contributed by atoms with Crippen LogP contribution in [-0.4, -0.2) is 56.8 Å². The molecule has 0 aliphatic heterocycles. The summed E-state index contributed by atoms with van der Waals surface area (Å²) in [5.74, 6) is 0.0317. The van der Waals surface area contributed by atoms with E-state index < -0.39 is 10.0 Å². The van der Waals surface area contributed by atoms with Crippen molar-refractivity contribution in [3.8, 4) is 0 Å². The molecule has 0 aliphatic rings. The number of aromatic nitrogens is 1. The van der Waals surface area contributed by atoms with Gasteiger partial charge in [0.15, 0.2) is 0 Å². The van der Waals surface area contributed by atoms with E-state index in [0.717, 1.165) is 0 Å². The van der Waals surface area contributed by atoms with Gasteiger partial charge in [-0.05, 0) is 26.2 Å². The maximum atomic E-state index is 12.2. The highest BCUT2D eigenvalue weighted by molar-refractivity contribution is 7.89. The van der Waals surface area contributed by atoms with Gasteiger partial charge in [0.2, 0.25) is 10.0 Å². The van der Waals surface area contributed by atoms with Crippen LogP contribution >= 0.6 is 0 Å². The van der Waals surface area contributed by atoms with Gasteiger partial charge in [0, 0.05) is 26.3 Å². The summed E-state index contributed by atoms with van der Waals surface area (Å²) in [6, 6.07) is 3.02. The molecule has 0 atom stereocenters. The summed E-state index contributed by atoms with van der Waals surface area (Å²) in [6.45, 7) is 1.06. The molecule has 0 spiro atoms. The molecular formula is C10H18N4O2S. The molecule has 0 fully saturated rings. The lowest BCUT2D eigenvalue weighted by atomic mass is 10.5. The first-order valence-electron chi connectivity index (χ1n) is 5.17. The van der Waals surface area contributed by atoms with E-state index in [-0.39, 0.29) is 10.7 Å². The van der Waals surface area contributed by atoms with Crippen molar-refractivity contribution in [3.63, 3.8) is 0 Å². The standard InChI is InChI=1S/C10H18N4O2S/c1-13(2)7-8-14(3)17(15,16)9-5-4-6-12-10(9)11/h4-6H,7-8H2,1-3H3,(H2,11,12). The van der Waals surface area contributed by atoms with Crippen LogP contribution in [0.3, 0.4) is 0 Å². The van der Waals surface area contributed by atoms with E-state index in [1.165, 1.54) is 23.6 Å². The van der Waals surface area contributed by atoms with E-state index in [1.54, 1.807) is 6.07 Å². The third-order valence-electron chi connectivity index (χ3n) is 2.35. The van der Waals surface area contributed by atoms with E-state index in [2.05, 4.69) is 4.98 Å². The number of rotatable bonds is 5. The largest absolute Gasteiger partial charge is 0.383 e. The summed E-state index contributed by atoms with van der Waals surface area (Å²) in [5.41, 5.74) is 5.57. The molecule has 0 aromatic carbocycles. The maximum Gasteiger partial charge on any atom is 0.246 e.